The molecule has 0 aromatic heterocycles. The molecule has 0 saturated heterocycles. The quantitative estimate of drug-likeness (QED) is 0.677. The van der Waals surface area contributed by atoms with Crippen LogP contribution >= 0.6 is 0 Å². The first kappa shape index (κ1) is 12.5. The molecule has 0 aromatic rings. The van der Waals surface area contributed by atoms with Gasteiger partial charge in [-0.2, -0.15) is 0 Å². The predicted octanol–water partition coefficient (Wildman–Crippen LogP) is 0.631. The first-order valence-electron chi connectivity index (χ1n) is 4.17. The number of hydrogen-bond acceptors (Lipinski definition) is 2. The van der Waals surface area contributed by atoms with E-state index in [0.29, 0.717) is 6.54 Å². The Kier molecular flexibility index (Phi) is 4.69. The Hall–Kier alpha value is -1.52. The molecule has 0 aromatic carbocycles. The van der Waals surface area contributed by atoms with Crippen LogP contribution in [-0.4, -0.2) is 54.1 Å². The van der Waals surface area contributed by atoms with Crippen LogP contribution in [0, 0.1) is 0 Å². The fourth-order valence-electron chi connectivity index (χ4n) is 1.03. The minimum absolute atomic E-state index is 0.292. The summed E-state index contributed by atoms with van der Waals surface area (Å²) in [6.45, 7) is 5.62. The van der Waals surface area contributed by atoms with E-state index in [1.54, 1.807) is 14.0 Å². The zero-order chi connectivity index (χ0) is 11.3. The zero-order valence-electron chi connectivity index (χ0n) is 8.78. The lowest BCUT2D eigenvalue weighted by molar-refractivity contribution is -0.137. The van der Waals surface area contributed by atoms with Crippen LogP contribution < -0.4 is 0 Å². The van der Waals surface area contributed by atoms with Crippen LogP contribution in [0.15, 0.2) is 12.2 Å². The molecule has 0 spiro atoms. The molecular weight excluding hydrogens is 184 g/mol. The molecule has 0 aliphatic carbocycles. The van der Waals surface area contributed by atoms with E-state index in [9.17, 15) is 9.59 Å². The van der Waals surface area contributed by atoms with Crippen LogP contribution in [0.2, 0.25) is 0 Å². The second-order valence-corrected chi connectivity index (χ2v) is 3.35. The fourth-order valence-corrected chi connectivity index (χ4v) is 1.03. The maximum Gasteiger partial charge on any atom is 0.323 e. The van der Waals surface area contributed by atoms with Crippen molar-refractivity contribution in [2.24, 2.45) is 0 Å². The number of rotatable bonds is 4. The molecule has 2 amide bonds. The highest BCUT2D eigenvalue weighted by Gasteiger charge is 2.15. The highest BCUT2D eigenvalue weighted by molar-refractivity contribution is 5.79. The third kappa shape index (κ3) is 4.49. The molecule has 0 saturated carbocycles. The van der Waals surface area contributed by atoms with Crippen molar-refractivity contribution < 1.29 is 14.7 Å². The third-order valence-electron chi connectivity index (χ3n) is 1.53. The maximum absolute atomic E-state index is 11.5. The summed E-state index contributed by atoms with van der Waals surface area (Å²) in [4.78, 5) is 24.4. The summed E-state index contributed by atoms with van der Waals surface area (Å²) < 4.78 is 0. The molecule has 80 valence electrons. The summed E-state index contributed by atoms with van der Waals surface area (Å²) >= 11 is 0. The Labute approximate surface area is 83.6 Å². The van der Waals surface area contributed by atoms with Gasteiger partial charge in [-0.15, -0.1) is 0 Å². The Balaban J connectivity index is 4.16. The number of urea groups is 1. The fraction of sp³-hybridized carbons (Fsp3) is 0.556. The summed E-state index contributed by atoms with van der Waals surface area (Å²) in [5.74, 6) is -1.02. The van der Waals surface area contributed by atoms with Gasteiger partial charge in [0.2, 0.25) is 0 Å². The van der Waals surface area contributed by atoms with Crippen molar-refractivity contribution in [1.29, 1.82) is 0 Å². The number of carboxylic acid groups (broad SMARTS) is 1. The Morgan fingerprint density at radius 2 is 1.64 bits per heavy atom. The Morgan fingerprint density at radius 1 is 1.21 bits per heavy atom. The van der Waals surface area contributed by atoms with Crippen LogP contribution in [0.4, 0.5) is 4.79 Å². The first-order chi connectivity index (χ1) is 6.34. The Morgan fingerprint density at radius 3 is 2.00 bits per heavy atom. The van der Waals surface area contributed by atoms with E-state index in [1.807, 2.05) is 0 Å². The van der Waals surface area contributed by atoms with Crippen molar-refractivity contribution in [2.45, 2.75) is 6.92 Å². The van der Waals surface area contributed by atoms with Crippen molar-refractivity contribution in [3.05, 3.63) is 12.2 Å². The van der Waals surface area contributed by atoms with Gasteiger partial charge in [-0.1, -0.05) is 12.2 Å². The van der Waals surface area contributed by atoms with E-state index in [-0.39, 0.29) is 12.6 Å². The van der Waals surface area contributed by atoms with Gasteiger partial charge >= 0.3 is 12.0 Å². The molecule has 0 rings (SSSR count). The van der Waals surface area contributed by atoms with Gasteiger partial charge in [-0.05, 0) is 6.92 Å². The van der Waals surface area contributed by atoms with Crippen molar-refractivity contribution >= 4 is 12.0 Å². The average Bonchev–Trinajstić information content (AvgIpc) is 2.00. The van der Waals surface area contributed by atoms with Crippen LogP contribution in [0.25, 0.3) is 0 Å². The smallest absolute Gasteiger partial charge is 0.323 e. The molecule has 0 aliphatic rings. The molecule has 5 nitrogen and oxygen atoms in total. The summed E-state index contributed by atoms with van der Waals surface area (Å²) in [6.07, 6.45) is 0. The minimum atomic E-state index is -1.02. The van der Waals surface area contributed by atoms with E-state index >= 15 is 0 Å². The van der Waals surface area contributed by atoms with E-state index in [2.05, 4.69) is 6.58 Å². The number of amides is 2. The summed E-state index contributed by atoms with van der Waals surface area (Å²) in [5, 5.41) is 8.47. The van der Waals surface area contributed by atoms with Gasteiger partial charge in [-0.25, -0.2) is 4.79 Å². The van der Waals surface area contributed by atoms with E-state index in [4.69, 9.17) is 5.11 Å². The van der Waals surface area contributed by atoms with Gasteiger partial charge in [0.15, 0.2) is 0 Å². The minimum Gasteiger partial charge on any atom is -0.480 e. The first-order valence-corrected chi connectivity index (χ1v) is 4.17. The standard InChI is InChI=1S/C9H16N2O3/c1-7(2)5-10(3)9(14)11(4)6-8(12)13/h1,5-6H2,2-4H3,(H,12,13). The van der Waals surface area contributed by atoms with E-state index in [1.165, 1.54) is 11.9 Å². The average molecular weight is 200 g/mol. The number of hydrogen-bond donors (Lipinski definition) is 1. The maximum atomic E-state index is 11.5. The normalized spacial score (nSPS) is 9.36. The van der Waals surface area contributed by atoms with Gasteiger partial charge in [0, 0.05) is 20.6 Å². The number of carbonyl (C=O) groups is 2. The van der Waals surface area contributed by atoms with Crippen molar-refractivity contribution in [1.82, 2.24) is 9.80 Å². The molecule has 0 radical (unpaired) electrons. The molecule has 1 N–H and O–H groups in total. The Bertz CT molecular complexity index is 226. The van der Waals surface area contributed by atoms with Gasteiger partial charge in [0.25, 0.3) is 0 Å². The number of carboxylic acids is 1. The van der Waals surface area contributed by atoms with Gasteiger partial charge in [0.05, 0.1) is 0 Å². The molecule has 5 heteroatoms. The van der Waals surface area contributed by atoms with Crippen LogP contribution in [0.3, 0.4) is 0 Å². The highest BCUT2D eigenvalue weighted by atomic mass is 16.4. The number of nitrogens with zero attached hydrogens (tertiary/aromatic N) is 2. The number of likely N-dealkylation sites (N-methyl/N-ethyl adjacent to an activating group) is 2. The van der Waals surface area contributed by atoms with Crippen molar-refractivity contribution in [2.75, 3.05) is 27.2 Å². The SMILES string of the molecule is C=C(C)CN(C)C(=O)N(C)CC(=O)O. The van der Waals surface area contributed by atoms with Crippen molar-refractivity contribution in [3.8, 4) is 0 Å². The molecule has 0 heterocycles. The van der Waals surface area contributed by atoms with E-state index in [0.717, 1.165) is 10.5 Å². The second-order valence-electron chi connectivity index (χ2n) is 3.35. The monoisotopic (exact) mass is 200 g/mol. The second kappa shape index (κ2) is 5.26. The molecule has 0 bridgehead atoms. The topological polar surface area (TPSA) is 60.9 Å². The van der Waals surface area contributed by atoms with Gasteiger partial charge < -0.3 is 14.9 Å². The number of carbonyl (C=O) groups excluding carboxylic acids is 1. The van der Waals surface area contributed by atoms with Crippen LogP contribution in [0.5, 0.6) is 0 Å². The highest BCUT2D eigenvalue weighted by Crippen LogP contribution is 1.97. The lowest BCUT2D eigenvalue weighted by Crippen LogP contribution is -2.41. The van der Waals surface area contributed by atoms with Crippen LogP contribution in [-0.2, 0) is 4.79 Å². The van der Waals surface area contributed by atoms with Gasteiger partial charge in [-0.3, -0.25) is 4.79 Å². The molecule has 0 aliphatic heterocycles. The predicted molar refractivity (Wildman–Crippen MR) is 53.1 cm³/mol. The zero-order valence-corrected chi connectivity index (χ0v) is 8.78. The lowest BCUT2D eigenvalue weighted by atomic mass is 10.3. The summed E-state index contributed by atoms with van der Waals surface area (Å²) in [6, 6.07) is -0.324. The van der Waals surface area contributed by atoms with E-state index < -0.39 is 5.97 Å². The lowest BCUT2D eigenvalue weighted by Gasteiger charge is -2.23. The largest absolute Gasteiger partial charge is 0.480 e. The molecule has 0 atom stereocenters. The van der Waals surface area contributed by atoms with Crippen LogP contribution in [0.1, 0.15) is 6.92 Å². The van der Waals surface area contributed by atoms with Crippen molar-refractivity contribution in [3.63, 3.8) is 0 Å². The summed E-state index contributed by atoms with van der Waals surface area (Å²) in [7, 11) is 3.06. The number of aliphatic carboxylic acids is 1. The molecule has 0 fully saturated rings. The molecule has 0 unspecified atom stereocenters. The third-order valence-corrected chi connectivity index (χ3v) is 1.53. The summed E-state index contributed by atoms with van der Waals surface area (Å²) in [5.41, 5.74) is 0.851. The van der Waals surface area contributed by atoms with Gasteiger partial charge in [0.1, 0.15) is 6.54 Å². The molecule has 14 heavy (non-hydrogen) atoms. The molecular formula is C9H16N2O3.